The maximum Gasteiger partial charge on any atom is 0.303 e. The van der Waals surface area contributed by atoms with Gasteiger partial charge in [-0.25, -0.2) is 4.39 Å². The fraction of sp³-hybridized carbons (Fsp3) is 0.508. The summed E-state index contributed by atoms with van der Waals surface area (Å²) in [5.74, 6) is -0.342. The van der Waals surface area contributed by atoms with Gasteiger partial charge in [0.25, 0.3) is 0 Å². The van der Waals surface area contributed by atoms with Crippen LogP contribution < -0.4 is 10.6 Å². The molecule has 3 N–H and O–H groups in total. The predicted octanol–water partition coefficient (Wildman–Crippen LogP) is 11.4. The molecule has 0 saturated heterocycles. The number of benzene rings is 4. The van der Waals surface area contributed by atoms with Gasteiger partial charge >= 0.3 is 5.97 Å². The minimum absolute atomic E-state index is 0.00634. The van der Waals surface area contributed by atoms with E-state index in [4.69, 9.17) is 16.7 Å². The molecule has 13 heteroatoms. The molecular weight excluding hydrogens is 955 g/mol. The number of halogens is 2. The van der Waals surface area contributed by atoms with Crippen molar-refractivity contribution in [2.24, 2.45) is 17.3 Å². The first kappa shape index (κ1) is 59.3. The first-order chi connectivity index (χ1) is 35.1. The Balaban J connectivity index is 0.000000220. The monoisotopic (exact) mass is 1030 g/mol. The molecule has 0 aliphatic heterocycles. The molecule has 0 spiro atoms. The maximum atomic E-state index is 13.6. The molecule has 0 aromatic heterocycles. The zero-order chi connectivity index (χ0) is 54.1. The molecule has 4 aromatic rings. The molecular formula is C61H80ClFN4O7. The third-order valence-corrected chi connectivity index (χ3v) is 16.5. The van der Waals surface area contributed by atoms with Crippen LogP contribution in [0.2, 0.25) is 5.02 Å². The van der Waals surface area contributed by atoms with E-state index >= 15 is 0 Å². The van der Waals surface area contributed by atoms with Gasteiger partial charge in [-0.2, -0.15) is 0 Å². The molecule has 400 valence electrons. The van der Waals surface area contributed by atoms with E-state index in [1.54, 1.807) is 67.6 Å². The highest BCUT2D eigenvalue weighted by Gasteiger charge is 2.50. The molecule has 3 saturated carbocycles. The van der Waals surface area contributed by atoms with Crippen LogP contribution >= 0.6 is 11.6 Å². The van der Waals surface area contributed by atoms with Crippen molar-refractivity contribution in [2.75, 3.05) is 28.2 Å². The molecule has 0 bridgehead atoms. The van der Waals surface area contributed by atoms with E-state index in [1.807, 2.05) is 12.1 Å². The molecule has 0 heterocycles. The molecule has 2 amide bonds. The number of amides is 2. The highest BCUT2D eigenvalue weighted by Crippen LogP contribution is 2.53. The Labute approximate surface area is 444 Å². The third kappa shape index (κ3) is 17.5. The standard InChI is InChI=1S/C25H30ClFN2O2.C25H38N2O2.C11H12O3/c1-29(2)25(17-18-4-3-5-21(27)16-18)14-12-22(13-15-25)28-24(31)11-10-23(30)19-6-8-20(26)9-7-19;1-18(28)22-15-20(24(22,2)3)16-23(29)26-21-11-13-25(14-12-21,27(4)5)17-19-9-7-6-8-10-19;12-10(7-4-8-11(13)14)9-5-2-1-3-6-9/h3-9,16,22H,10-15,17H2,1-2H3,(H,28,31);6-10,20-22H,11-17H2,1-5H3,(H,26,29);1-3,5-6H,4,7-8H2,(H,13,14). The molecule has 2 unspecified atom stereocenters. The van der Waals surface area contributed by atoms with Crippen LogP contribution in [0.3, 0.4) is 0 Å². The average molecular weight is 1040 g/mol. The SMILES string of the molecule is CC(=O)C1CC(CC(=O)NC2CCC(Cc3ccccc3)(N(C)C)CC2)C1(C)C.CN(C)C1(Cc2cccc(F)c2)CCC(NC(=O)CCC(=O)c2ccc(Cl)cc2)CC1.O=C(O)CCCC(=O)c1ccccc1. The number of nitrogens with zero attached hydrogens (tertiary/aromatic N) is 2. The first-order valence-corrected chi connectivity index (χ1v) is 26.8. The van der Waals surface area contributed by atoms with Gasteiger partial charge in [-0.1, -0.05) is 98.2 Å². The molecule has 0 radical (unpaired) electrons. The van der Waals surface area contributed by atoms with Gasteiger partial charge in [0.05, 0.1) is 0 Å². The molecule has 2 atom stereocenters. The van der Waals surface area contributed by atoms with Crippen molar-refractivity contribution in [1.29, 1.82) is 0 Å². The Morgan fingerprint density at radius 2 is 1.11 bits per heavy atom. The number of carbonyl (C=O) groups excluding carboxylic acids is 5. The van der Waals surface area contributed by atoms with Crippen LogP contribution in [0.25, 0.3) is 0 Å². The minimum atomic E-state index is -0.856. The second kappa shape index (κ2) is 27.8. The highest BCUT2D eigenvalue weighted by molar-refractivity contribution is 6.30. The normalized spacial score (nSPS) is 22.9. The van der Waals surface area contributed by atoms with Gasteiger partial charge in [0.1, 0.15) is 11.6 Å². The molecule has 7 rings (SSSR count). The maximum absolute atomic E-state index is 13.6. The summed E-state index contributed by atoms with van der Waals surface area (Å²) in [5.41, 5.74) is 3.69. The number of rotatable bonds is 20. The number of Topliss-reactive ketones (excluding diaryl/α,β-unsaturated/α-hetero) is 3. The topological polar surface area (TPSA) is 153 Å². The van der Waals surface area contributed by atoms with Gasteiger partial charge in [-0.3, -0.25) is 28.8 Å². The number of likely N-dealkylation sites (N-methyl/N-ethyl adjacent to an activating group) is 2. The highest BCUT2D eigenvalue weighted by atomic mass is 35.5. The summed E-state index contributed by atoms with van der Waals surface area (Å²) < 4.78 is 13.6. The van der Waals surface area contributed by atoms with E-state index in [-0.39, 0.29) is 88.7 Å². The van der Waals surface area contributed by atoms with Gasteiger partial charge in [-0.15, -0.1) is 0 Å². The number of carboxylic acid groups (broad SMARTS) is 1. The van der Waals surface area contributed by atoms with Crippen molar-refractivity contribution in [3.63, 3.8) is 0 Å². The van der Waals surface area contributed by atoms with Crippen molar-refractivity contribution in [2.45, 2.75) is 153 Å². The lowest BCUT2D eigenvalue weighted by atomic mass is 9.52. The first-order valence-electron chi connectivity index (χ1n) is 26.4. The van der Waals surface area contributed by atoms with E-state index in [2.05, 4.69) is 92.8 Å². The second-order valence-corrected chi connectivity index (χ2v) is 22.4. The van der Waals surface area contributed by atoms with Crippen LogP contribution in [0.1, 0.15) is 149 Å². The van der Waals surface area contributed by atoms with Crippen LogP contribution in [-0.2, 0) is 32.0 Å². The number of carboxylic acids is 1. The molecule has 11 nitrogen and oxygen atoms in total. The van der Waals surface area contributed by atoms with E-state index < -0.39 is 5.97 Å². The second-order valence-electron chi connectivity index (χ2n) is 22.0. The molecule has 3 aliphatic carbocycles. The van der Waals surface area contributed by atoms with E-state index in [9.17, 15) is 33.2 Å². The fourth-order valence-electron chi connectivity index (χ4n) is 11.2. The smallest absolute Gasteiger partial charge is 0.303 e. The summed E-state index contributed by atoms with van der Waals surface area (Å²) in [7, 11) is 8.51. The summed E-state index contributed by atoms with van der Waals surface area (Å²) in [6.07, 6.45) is 12.2. The molecule has 3 aliphatic rings. The van der Waals surface area contributed by atoms with Gasteiger partial charge in [0, 0.05) is 77.3 Å². The van der Waals surface area contributed by atoms with Crippen LogP contribution in [0.15, 0.2) is 109 Å². The van der Waals surface area contributed by atoms with E-state index in [0.29, 0.717) is 41.3 Å². The van der Waals surface area contributed by atoms with Gasteiger partial charge in [-0.05, 0) is 171 Å². The summed E-state index contributed by atoms with van der Waals surface area (Å²) in [6, 6.07) is 33.6. The lowest BCUT2D eigenvalue weighted by Gasteiger charge is -2.51. The Hall–Kier alpha value is -5.56. The quantitative estimate of drug-likeness (QED) is 0.0734. The Kier molecular flexibility index (Phi) is 22.3. The Morgan fingerprint density at radius 1 is 0.622 bits per heavy atom. The van der Waals surface area contributed by atoms with Gasteiger partial charge < -0.3 is 25.5 Å². The summed E-state index contributed by atoms with van der Waals surface area (Å²) in [5, 5.41) is 15.4. The zero-order valence-corrected chi connectivity index (χ0v) is 45.5. The van der Waals surface area contributed by atoms with Gasteiger partial charge in [0.2, 0.25) is 11.8 Å². The predicted molar refractivity (Wildman–Crippen MR) is 292 cm³/mol. The number of ketones is 3. The van der Waals surface area contributed by atoms with Crippen molar-refractivity contribution in [1.82, 2.24) is 20.4 Å². The largest absolute Gasteiger partial charge is 0.481 e. The lowest BCUT2D eigenvalue weighted by molar-refractivity contribution is -0.141. The number of carbonyl (C=O) groups is 6. The molecule has 4 aromatic carbocycles. The summed E-state index contributed by atoms with van der Waals surface area (Å²) in [6.45, 7) is 5.95. The number of hydrogen-bond acceptors (Lipinski definition) is 8. The van der Waals surface area contributed by atoms with Gasteiger partial charge in [0.15, 0.2) is 11.6 Å². The zero-order valence-electron chi connectivity index (χ0n) is 44.8. The van der Waals surface area contributed by atoms with Crippen LogP contribution in [0, 0.1) is 23.1 Å². The van der Waals surface area contributed by atoms with Crippen molar-refractivity contribution in [3.8, 4) is 0 Å². The summed E-state index contributed by atoms with van der Waals surface area (Å²) >= 11 is 5.85. The van der Waals surface area contributed by atoms with Crippen molar-refractivity contribution in [3.05, 3.63) is 142 Å². The number of aliphatic carboxylic acids is 1. The van der Waals surface area contributed by atoms with Crippen LogP contribution in [0.5, 0.6) is 0 Å². The van der Waals surface area contributed by atoms with Crippen molar-refractivity contribution < 1.29 is 38.3 Å². The van der Waals surface area contributed by atoms with Crippen molar-refractivity contribution >= 4 is 46.7 Å². The fourth-order valence-corrected chi connectivity index (χ4v) is 11.3. The third-order valence-electron chi connectivity index (χ3n) is 16.3. The van der Waals surface area contributed by atoms with E-state index in [0.717, 1.165) is 76.2 Å². The lowest BCUT2D eigenvalue weighted by Crippen LogP contribution is -2.53. The average Bonchev–Trinajstić information content (AvgIpc) is 3.36. The Bertz CT molecular complexity index is 2470. The number of hydrogen-bond donors (Lipinski definition) is 3. The molecule has 74 heavy (non-hydrogen) atoms. The minimum Gasteiger partial charge on any atom is -0.481 e. The van der Waals surface area contributed by atoms with Crippen LogP contribution in [-0.4, -0.2) is 101 Å². The number of nitrogens with one attached hydrogen (secondary N) is 2. The van der Waals surface area contributed by atoms with E-state index in [1.165, 1.54) is 11.6 Å². The Morgan fingerprint density at radius 3 is 1.61 bits per heavy atom. The summed E-state index contributed by atoms with van der Waals surface area (Å²) in [4.78, 5) is 75.3. The molecule has 3 fully saturated rings. The van der Waals surface area contributed by atoms with Crippen LogP contribution in [0.4, 0.5) is 4.39 Å².